The number of nitrogens with one attached hydrogen (secondary N) is 2. The highest BCUT2D eigenvalue weighted by molar-refractivity contribution is 5.85. The summed E-state index contributed by atoms with van der Waals surface area (Å²) in [4.78, 5) is 54.6. The zero-order valence-electron chi connectivity index (χ0n) is 24.7. The first-order chi connectivity index (χ1) is 19.7. The number of hydrogen-bond donors (Lipinski definition) is 2. The van der Waals surface area contributed by atoms with E-state index < -0.39 is 12.1 Å². The molecule has 11 heteroatoms. The monoisotopic (exact) mass is 568 g/mol. The summed E-state index contributed by atoms with van der Waals surface area (Å²) in [5.74, 6) is -0.219. The number of carbonyl (C=O) groups is 2. The molecule has 2 aromatic heterocycles. The number of carbonyl (C=O) groups excluding carboxylic acids is 2. The fourth-order valence-electron chi connectivity index (χ4n) is 4.79. The van der Waals surface area contributed by atoms with E-state index in [9.17, 15) is 19.2 Å². The Morgan fingerprint density at radius 2 is 1.63 bits per heavy atom. The van der Waals surface area contributed by atoms with Crippen LogP contribution in [0.25, 0.3) is 11.2 Å². The topological polar surface area (TPSA) is 129 Å². The Kier molecular flexibility index (Phi) is 12.2. The lowest BCUT2D eigenvalue weighted by atomic mass is 9.98. The molecule has 0 aliphatic rings. The lowest BCUT2D eigenvalue weighted by Crippen LogP contribution is -2.50. The van der Waals surface area contributed by atoms with Crippen molar-refractivity contribution in [2.75, 3.05) is 6.54 Å². The highest BCUT2D eigenvalue weighted by Crippen LogP contribution is 2.11. The maximum atomic E-state index is 12.8. The van der Waals surface area contributed by atoms with Gasteiger partial charge in [-0.1, -0.05) is 82.7 Å². The van der Waals surface area contributed by atoms with Crippen LogP contribution in [-0.4, -0.2) is 43.3 Å². The van der Waals surface area contributed by atoms with Crippen molar-refractivity contribution in [1.82, 2.24) is 29.3 Å². The first-order valence-electron chi connectivity index (χ1n) is 14.6. The van der Waals surface area contributed by atoms with Crippen LogP contribution in [0.1, 0.15) is 70.8 Å². The van der Waals surface area contributed by atoms with Gasteiger partial charge in [-0.15, -0.1) is 0 Å². The van der Waals surface area contributed by atoms with Gasteiger partial charge in [0.1, 0.15) is 12.6 Å². The van der Waals surface area contributed by atoms with Gasteiger partial charge in [-0.3, -0.25) is 18.7 Å². The molecular weight excluding hydrogens is 524 g/mol. The third-order valence-corrected chi connectivity index (χ3v) is 7.54. The Morgan fingerprint density at radius 3 is 2.32 bits per heavy atom. The summed E-state index contributed by atoms with van der Waals surface area (Å²) >= 11 is 0. The van der Waals surface area contributed by atoms with E-state index in [1.54, 1.807) is 25.0 Å². The zero-order valence-corrected chi connectivity index (χ0v) is 24.7. The quantitative estimate of drug-likeness (QED) is 0.254. The van der Waals surface area contributed by atoms with E-state index in [2.05, 4.69) is 15.6 Å². The Balaban J connectivity index is 1.30. The van der Waals surface area contributed by atoms with E-state index >= 15 is 0 Å². The molecule has 0 fully saturated rings. The highest BCUT2D eigenvalue weighted by Gasteiger charge is 2.26. The molecule has 2 unspecified atom stereocenters. The molecule has 0 radical (unpaired) electrons. The van der Waals surface area contributed by atoms with Gasteiger partial charge in [-0.2, -0.15) is 0 Å². The van der Waals surface area contributed by atoms with Gasteiger partial charge in [0, 0.05) is 27.2 Å². The van der Waals surface area contributed by atoms with E-state index in [1.807, 2.05) is 44.2 Å². The number of alkyl carbamates (subject to hydrolysis) is 1. The van der Waals surface area contributed by atoms with Gasteiger partial charge in [0.15, 0.2) is 11.2 Å². The van der Waals surface area contributed by atoms with E-state index in [1.165, 1.54) is 9.13 Å². The van der Waals surface area contributed by atoms with Crippen LogP contribution in [0.4, 0.5) is 4.79 Å². The zero-order chi connectivity index (χ0) is 29.8. The first-order valence-corrected chi connectivity index (χ1v) is 14.6. The molecule has 0 bridgehead atoms. The molecule has 0 spiro atoms. The van der Waals surface area contributed by atoms with Gasteiger partial charge in [-0.05, 0) is 24.3 Å². The lowest BCUT2D eigenvalue weighted by molar-refractivity contribution is -0.124. The second-order valence-corrected chi connectivity index (χ2v) is 10.7. The third kappa shape index (κ3) is 8.80. The Hall–Kier alpha value is -3.89. The van der Waals surface area contributed by atoms with E-state index in [0.717, 1.165) is 56.9 Å². The second-order valence-electron chi connectivity index (χ2n) is 10.7. The number of aryl methyl sites for hydroxylation is 2. The van der Waals surface area contributed by atoms with Gasteiger partial charge in [0.25, 0.3) is 5.56 Å². The van der Waals surface area contributed by atoms with Crippen molar-refractivity contribution < 1.29 is 14.3 Å². The van der Waals surface area contributed by atoms with Crippen LogP contribution in [0.3, 0.4) is 0 Å². The van der Waals surface area contributed by atoms with E-state index in [4.69, 9.17) is 4.74 Å². The normalized spacial score (nSPS) is 12.7. The van der Waals surface area contributed by atoms with E-state index in [-0.39, 0.29) is 29.7 Å². The summed E-state index contributed by atoms with van der Waals surface area (Å²) in [6, 6.07) is 8.77. The summed E-state index contributed by atoms with van der Waals surface area (Å²) in [6.07, 6.45) is 8.32. The number of fused-ring (bicyclic) bond motifs is 1. The van der Waals surface area contributed by atoms with Gasteiger partial charge in [-0.25, -0.2) is 14.6 Å². The number of benzene rings is 1. The van der Waals surface area contributed by atoms with Crippen LogP contribution < -0.4 is 21.9 Å². The number of unbranched alkanes of at least 4 members (excludes halogenated alkanes) is 6. The van der Waals surface area contributed by atoms with Gasteiger partial charge in [0.2, 0.25) is 5.91 Å². The number of hydrogen-bond acceptors (Lipinski definition) is 6. The number of nitrogens with zero attached hydrogens (tertiary/aromatic N) is 4. The van der Waals surface area contributed by atoms with E-state index in [0.29, 0.717) is 24.3 Å². The number of aromatic nitrogens is 4. The molecule has 2 N–H and O–H groups in total. The predicted octanol–water partition coefficient (Wildman–Crippen LogP) is 3.62. The number of ether oxygens (including phenoxy) is 1. The Morgan fingerprint density at radius 1 is 0.976 bits per heavy atom. The molecule has 0 saturated heterocycles. The standard InChI is InChI=1S/C30H44N6O5/c1-5-22(2)24(33-29(39)41-20-23-16-12-11-13-17-23)27(37)31-18-14-9-7-6-8-10-15-19-36-28(38)25-26(32-21-34(25)3)35(4)30(36)40/h11-13,16-17,21-22,24H,5-10,14-15,18-20H2,1-4H3,(H,31,37)(H,33,39). The minimum Gasteiger partial charge on any atom is -0.445 e. The smallest absolute Gasteiger partial charge is 0.408 e. The summed E-state index contributed by atoms with van der Waals surface area (Å²) < 4.78 is 9.67. The summed E-state index contributed by atoms with van der Waals surface area (Å²) in [6.45, 7) is 5.02. The molecule has 3 aromatic rings. The molecule has 41 heavy (non-hydrogen) atoms. The molecule has 11 nitrogen and oxygen atoms in total. The Labute approximate surface area is 240 Å². The maximum absolute atomic E-state index is 12.8. The van der Waals surface area contributed by atoms with Crippen LogP contribution >= 0.6 is 0 Å². The maximum Gasteiger partial charge on any atom is 0.408 e. The molecule has 2 atom stereocenters. The number of amides is 2. The second kappa shape index (κ2) is 15.8. The predicted molar refractivity (Wildman–Crippen MR) is 159 cm³/mol. The van der Waals surface area contributed by atoms with Gasteiger partial charge >= 0.3 is 11.8 Å². The van der Waals surface area contributed by atoms with Crippen molar-refractivity contribution in [1.29, 1.82) is 0 Å². The average Bonchev–Trinajstić information content (AvgIpc) is 3.37. The number of rotatable bonds is 16. The molecule has 224 valence electrons. The summed E-state index contributed by atoms with van der Waals surface area (Å²) in [7, 11) is 3.39. The fraction of sp³-hybridized carbons (Fsp3) is 0.567. The minimum absolute atomic E-state index is 0.0265. The third-order valence-electron chi connectivity index (χ3n) is 7.54. The van der Waals surface area contributed by atoms with Crippen LogP contribution in [0, 0.1) is 5.92 Å². The number of imidazole rings is 1. The average molecular weight is 569 g/mol. The summed E-state index contributed by atoms with van der Waals surface area (Å²) in [5.41, 5.74) is 1.10. The molecule has 0 aliphatic heterocycles. The molecule has 3 rings (SSSR count). The minimum atomic E-state index is -0.647. The van der Waals surface area contributed by atoms with Crippen LogP contribution in [0.15, 0.2) is 46.2 Å². The molecular formula is C30H44N6O5. The van der Waals surface area contributed by atoms with Crippen molar-refractivity contribution in [2.24, 2.45) is 20.0 Å². The fourth-order valence-corrected chi connectivity index (χ4v) is 4.79. The SMILES string of the molecule is CCC(C)C(NC(=O)OCc1ccccc1)C(=O)NCCCCCCCCCn1c(=O)c2c(ncn2C)n(C)c1=O. The summed E-state index contributed by atoms with van der Waals surface area (Å²) in [5, 5.41) is 5.69. The van der Waals surface area contributed by atoms with Crippen molar-refractivity contribution in [3.63, 3.8) is 0 Å². The van der Waals surface area contributed by atoms with Gasteiger partial charge < -0.3 is 19.9 Å². The van der Waals surface area contributed by atoms with Crippen LogP contribution in [0.5, 0.6) is 0 Å². The highest BCUT2D eigenvalue weighted by atomic mass is 16.5. The molecule has 0 aliphatic carbocycles. The first kappa shape index (κ1) is 31.6. The molecule has 0 saturated carbocycles. The molecule has 2 amide bonds. The lowest BCUT2D eigenvalue weighted by Gasteiger charge is -2.23. The van der Waals surface area contributed by atoms with Crippen molar-refractivity contribution in [2.45, 2.75) is 84.4 Å². The molecule has 1 aromatic carbocycles. The van der Waals surface area contributed by atoms with Crippen molar-refractivity contribution >= 4 is 23.2 Å². The molecule has 2 heterocycles. The van der Waals surface area contributed by atoms with Crippen LogP contribution in [0.2, 0.25) is 0 Å². The largest absolute Gasteiger partial charge is 0.445 e. The van der Waals surface area contributed by atoms with Crippen molar-refractivity contribution in [3.8, 4) is 0 Å². The van der Waals surface area contributed by atoms with Gasteiger partial charge in [0.05, 0.1) is 6.33 Å². The van der Waals surface area contributed by atoms with Crippen LogP contribution in [-0.2, 0) is 36.8 Å². The van der Waals surface area contributed by atoms with Crippen molar-refractivity contribution in [3.05, 3.63) is 63.1 Å². The Bertz CT molecular complexity index is 1390.